The Balaban J connectivity index is 1.65. The molecule has 1 amide bonds. The van der Waals surface area contributed by atoms with Gasteiger partial charge in [0.1, 0.15) is 11.6 Å². The number of hydrogen-bond donors (Lipinski definition) is 2. The van der Waals surface area contributed by atoms with Crippen molar-refractivity contribution in [2.24, 2.45) is 0 Å². The predicted octanol–water partition coefficient (Wildman–Crippen LogP) is 2.67. The third-order valence-corrected chi connectivity index (χ3v) is 4.23. The molecule has 126 valence electrons. The maximum atomic E-state index is 12.9. The summed E-state index contributed by atoms with van der Waals surface area (Å²) in [6.45, 7) is 3.14. The molecule has 1 aromatic heterocycles. The highest BCUT2D eigenvalue weighted by molar-refractivity contribution is 5.94. The SMILES string of the molecule is Cc1nc([C@H]2CCCCN2)ncc1C(=O)NCc1ccc(F)cc1. The lowest BCUT2D eigenvalue weighted by atomic mass is 10.0. The Morgan fingerprint density at radius 2 is 2.12 bits per heavy atom. The topological polar surface area (TPSA) is 66.9 Å². The van der Waals surface area contributed by atoms with Gasteiger partial charge in [0.05, 0.1) is 17.3 Å². The third-order valence-electron chi connectivity index (χ3n) is 4.23. The number of hydrogen-bond acceptors (Lipinski definition) is 4. The molecule has 1 atom stereocenters. The second kappa shape index (κ2) is 7.49. The van der Waals surface area contributed by atoms with Crippen LogP contribution in [0.25, 0.3) is 0 Å². The number of carbonyl (C=O) groups is 1. The lowest BCUT2D eigenvalue weighted by molar-refractivity contribution is 0.0949. The summed E-state index contributed by atoms with van der Waals surface area (Å²) < 4.78 is 12.9. The number of amides is 1. The predicted molar refractivity (Wildman–Crippen MR) is 88.9 cm³/mol. The van der Waals surface area contributed by atoms with Crippen LogP contribution >= 0.6 is 0 Å². The summed E-state index contributed by atoms with van der Waals surface area (Å²) in [6, 6.07) is 6.23. The Labute approximate surface area is 140 Å². The summed E-state index contributed by atoms with van der Waals surface area (Å²) in [5, 5.41) is 6.22. The minimum atomic E-state index is -0.291. The van der Waals surface area contributed by atoms with Crippen molar-refractivity contribution < 1.29 is 9.18 Å². The molecule has 1 aliphatic heterocycles. The van der Waals surface area contributed by atoms with E-state index in [0.29, 0.717) is 17.8 Å². The Kier molecular flexibility index (Phi) is 5.15. The van der Waals surface area contributed by atoms with Crippen molar-refractivity contribution in [1.29, 1.82) is 0 Å². The van der Waals surface area contributed by atoms with Crippen LogP contribution in [0.1, 0.15) is 52.7 Å². The molecule has 5 nitrogen and oxygen atoms in total. The summed E-state index contributed by atoms with van der Waals surface area (Å²) in [5.41, 5.74) is 1.98. The Morgan fingerprint density at radius 3 is 2.79 bits per heavy atom. The highest BCUT2D eigenvalue weighted by Crippen LogP contribution is 2.20. The van der Waals surface area contributed by atoms with Crippen molar-refractivity contribution in [3.05, 3.63) is 58.9 Å². The highest BCUT2D eigenvalue weighted by atomic mass is 19.1. The van der Waals surface area contributed by atoms with Gasteiger partial charge >= 0.3 is 0 Å². The van der Waals surface area contributed by atoms with E-state index in [2.05, 4.69) is 20.6 Å². The van der Waals surface area contributed by atoms with Gasteiger partial charge in [-0.15, -0.1) is 0 Å². The van der Waals surface area contributed by atoms with Crippen molar-refractivity contribution in [3.63, 3.8) is 0 Å². The molecule has 2 N–H and O–H groups in total. The first-order chi connectivity index (χ1) is 11.6. The van der Waals surface area contributed by atoms with Gasteiger partial charge in [0, 0.05) is 12.7 Å². The first-order valence-electron chi connectivity index (χ1n) is 8.23. The third kappa shape index (κ3) is 3.94. The van der Waals surface area contributed by atoms with Gasteiger partial charge in [-0.3, -0.25) is 4.79 Å². The van der Waals surface area contributed by atoms with Crippen molar-refractivity contribution in [2.75, 3.05) is 6.54 Å². The number of aryl methyl sites for hydroxylation is 1. The molecule has 0 bridgehead atoms. The molecule has 0 saturated carbocycles. The monoisotopic (exact) mass is 328 g/mol. The fraction of sp³-hybridized carbons (Fsp3) is 0.389. The van der Waals surface area contributed by atoms with E-state index >= 15 is 0 Å². The standard InChI is InChI=1S/C18H21FN4O/c1-12-15(11-21-17(23-12)16-4-2-3-9-20-16)18(24)22-10-13-5-7-14(19)8-6-13/h5-8,11,16,20H,2-4,9-10H2,1H3,(H,22,24)/t16-/m1/s1. The number of rotatable bonds is 4. The molecule has 6 heteroatoms. The first-order valence-corrected chi connectivity index (χ1v) is 8.23. The summed E-state index contributed by atoms with van der Waals surface area (Å²) in [4.78, 5) is 21.2. The van der Waals surface area contributed by atoms with Gasteiger partial charge < -0.3 is 10.6 Å². The molecule has 0 radical (unpaired) electrons. The first kappa shape index (κ1) is 16.5. The summed E-state index contributed by atoms with van der Waals surface area (Å²) in [5.74, 6) is 0.239. The van der Waals surface area contributed by atoms with Gasteiger partial charge in [-0.25, -0.2) is 14.4 Å². The highest BCUT2D eigenvalue weighted by Gasteiger charge is 2.19. The van der Waals surface area contributed by atoms with Gasteiger partial charge in [0.25, 0.3) is 5.91 Å². The summed E-state index contributed by atoms with van der Waals surface area (Å²) in [6.07, 6.45) is 4.96. The molecular weight excluding hydrogens is 307 g/mol. The van der Waals surface area contributed by atoms with E-state index in [-0.39, 0.29) is 17.8 Å². The van der Waals surface area contributed by atoms with Crippen molar-refractivity contribution >= 4 is 5.91 Å². The number of nitrogens with one attached hydrogen (secondary N) is 2. The molecule has 0 spiro atoms. The van der Waals surface area contributed by atoms with Gasteiger partial charge in [-0.1, -0.05) is 18.6 Å². The van der Waals surface area contributed by atoms with E-state index in [1.54, 1.807) is 18.3 Å². The van der Waals surface area contributed by atoms with Crippen molar-refractivity contribution in [3.8, 4) is 0 Å². The zero-order valence-electron chi connectivity index (χ0n) is 13.7. The number of nitrogens with zero attached hydrogens (tertiary/aromatic N) is 2. The average Bonchev–Trinajstić information content (AvgIpc) is 2.61. The van der Waals surface area contributed by atoms with E-state index in [4.69, 9.17) is 0 Å². The Hall–Kier alpha value is -2.34. The normalized spacial score (nSPS) is 17.5. The number of carbonyl (C=O) groups excluding carboxylic acids is 1. The van der Waals surface area contributed by atoms with Crippen LogP contribution in [-0.4, -0.2) is 22.4 Å². The molecule has 1 aromatic carbocycles. The van der Waals surface area contributed by atoms with Crippen LogP contribution < -0.4 is 10.6 Å². The average molecular weight is 328 g/mol. The zero-order valence-corrected chi connectivity index (χ0v) is 13.7. The van der Waals surface area contributed by atoms with Crippen LogP contribution in [0.15, 0.2) is 30.5 Å². The summed E-state index contributed by atoms with van der Waals surface area (Å²) >= 11 is 0. The number of halogens is 1. The second-order valence-electron chi connectivity index (χ2n) is 6.04. The molecule has 1 aliphatic rings. The van der Waals surface area contributed by atoms with Gasteiger partial charge in [0.2, 0.25) is 0 Å². The van der Waals surface area contributed by atoms with Crippen LogP contribution in [0.2, 0.25) is 0 Å². The Morgan fingerprint density at radius 1 is 1.33 bits per heavy atom. The fourth-order valence-electron chi connectivity index (χ4n) is 2.83. The zero-order chi connectivity index (χ0) is 16.9. The lowest BCUT2D eigenvalue weighted by Crippen LogP contribution is -2.29. The molecule has 0 unspecified atom stereocenters. The van der Waals surface area contributed by atoms with Gasteiger partial charge in [0.15, 0.2) is 0 Å². The molecule has 1 saturated heterocycles. The maximum Gasteiger partial charge on any atom is 0.254 e. The maximum absolute atomic E-state index is 12.9. The molecule has 2 heterocycles. The van der Waals surface area contributed by atoms with Crippen molar-refractivity contribution in [2.45, 2.75) is 38.8 Å². The smallest absolute Gasteiger partial charge is 0.254 e. The molecular formula is C18H21FN4O. The number of aromatic nitrogens is 2. The summed E-state index contributed by atoms with van der Waals surface area (Å²) in [7, 11) is 0. The molecule has 1 fully saturated rings. The van der Waals surface area contributed by atoms with Crippen LogP contribution in [0.5, 0.6) is 0 Å². The number of benzene rings is 1. The quantitative estimate of drug-likeness (QED) is 0.905. The second-order valence-corrected chi connectivity index (χ2v) is 6.04. The number of piperidine rings is 1. The van der Waals surface area contributed by atoms with E-state index < -0.39 is 0 Å². The van der Waals surface area contributed by atoms with Gasteiger partial charge in [-0.05, 0) is 44.0 Å². The van der Waals surface area contributed by atoms with Crippen molar-refractivity contribution in [1.82, 2.24) is 20.6 Å². The van der Waals surface area contributed by atoms with E-state index in [1.165, 1.54) is 25.0 Å². The van der Waals surface area contributed by atoms with Crippen LogP contribution in [0, 0.1) is 12.7 Å². The van der Waals surface area contributed by atoms with Crippen LogP contribution in [0.4, 0.5) is 4.39 Å². The van der Waals surface area contributed by atoms with Crippen LogP contribution in [-0.2, 0) is 6.54 Å². The Bertz CT molecular complexity index is 711. The lowest BCUT2D eigenvalue weighted by Gasteiger charge is -2.22. The minimum absolute atomic E-state index is 0.175. The van der Waals surface area contributed by atoms with Crippen LogP contribution in [0.3, 0.4) is 0 Å². The van der Waals surface area contributed by atoms with Gasteiger partial charge in [-0.2, -0.15) is 0 Å². The minimum Gasteiger partial charge on any atom is -0.348 e. The van der Waals surface area contributed by atoms with E-state index in [1.807, 2.05) is 6.92 Å². The molecule has 3 rings (SSSR count). The van der Waals surface area contributed by atoms with E-state index in [0.717, 1.165) is 24.4 Å². The largest absolute Gasteiger partial charge is 0.348 e. The van der Waals surface area contributed by atoms with E-state index in [9.17, 15) is 9.18 Å². The fourth-order valence-corrected chi connectivity index (χ4v) is 2.83. The molecule has 24 heavy (non-hydrogen) atoms. The molecule has 2 aromatic rings. The molecule has 0 aliphatic carbocycles.